The number of nitrogens with zero attached hydrogens (tertiary/aromatic N) is 1. The quantitative estimate of drug-likeness (QED) is 0.571. The Morgan fingerprint density at radius 1 is 0.731 bits per heavy atom. The first-order valence-corrected chi connectivity index (χ1v) is 8.52. The van der Waals surface area contributed by atoms with Gasteiger partial charge in [0.05, 0.1) is 32.9 Å². The van der Waals surface area contributed by atoms with E-state index in [1.54, 1.807) is 28.4 Å². The van der Waals surface area contributed by atoms with Gasteiger partial charge in [0.15, 0.2) is 28.8 Å². The lowest BCUT2D eigenvalue weighted by atomic mass is 10.1. The Morgan fingerprint density at radius 3 is 1.77 bits per heavy atom. The molecule has 0 spiro atoms. The highest BCUT2D eigenvalue weighted by molar-refractivity contribution is 9.10. The molecule has 0 amide bonds. The first kappa shape index (κ1) is 18.1. The van der Waals surface area contributed by atoms with E-state index in [0.29, 0.717) is 34.5 Å². The Morgan fingerprint density at radius 2 is 1.23 bits per heavy atom. The maximum absolute atomic E-state index is 5.57. The van der Waals surface area contributed by atoms with E-state index in [2.05, 4.69) is 21.1 Å². The van der Waals surface area contributed by atoms with Crippen molar-refractivity contribution in [3.8, 4) is 45.6 Å². The molecule has 0 fully saturated rings. The third-order valence-electron chi connectivity index (χ3n) is 3.94. The van der Waals surface area contributed by atoms with Gasteiger partial charge in [0, 0.05) is 11.1 Å². The molecule has 0 bridgehead atoms. The summed E-state index contributed by atoms with van der Waals surface area (Å²) in [5.41, 5.74) is 2.31. The summed E-state index contributed by atoms with van der Waals surface area (Å²) in [4.78, 5) is 0. The Hall–Kier alpha value is -2.67. The van der Waals surface area contributed by atoms with E-state index in [0.717, 1.165) is 15.6 Å². The fraction of sp³-hybridized carbons (Fsp3) is 0.211. The Labute approximate surface area is 159 Å². The summed E-state index contributed by atoms with van der Waals surface area (Å²) in [5.74, 6) is 3.12. The van der Waals surface area contributed by atoms with Gasteiger partial charge in [0.2, 0.25) is 0 Å². The van der Waals surface area contributed by atoms with Gasteiger partial charge in [-0.15, -0.1) is 0 Å². The fourth-order valence-electron chi connectivity index (χ4n) is 2.60. The zero-order valence-corrected chi connectivity index (χ0v) is 16.4. The normalized spacial score (nSPS) is 10.5. The summed E-state index contributed by atoms with van der Waals surface area (Å²) in [6, 6.07) is 11.1. The lowest BCUT2D eigenvalue weighted by Crippen LogP contribution is -1.91. The monoisotopic (exact) mass is 419 g/mol. The summed E-state index contributed by atoms with van der Waals surface area (Å²) < 4.78 is 27.6. The molecule has 7 heteroatoms. The summed E-state index contributed by atoms with van der Waals surface area (Å²) >= 11 is 3.59. The first-order valence-electron chi connectivity index (χ1n) is 7.72. The van der Waals surface area contributed by atoms with Crippen molar-refractivity contribution in [3.05, 3.63) is 40.9 Å². The summed E-state index contributed by atoms with van der Waals surface area (Å²) in [5, 5.41) is 4.20. The van der Waals surface area contributed by atoms with Gasteiger partial charge in [0.25, 0.3) is 0 Å². The van der Waals surface area contributed by atoms with Gasteiger partial charge in [-0.05, 0) is 52.3 Å². The fourth-order valence-corrected chi connectivity index (χ4v) is 3.20. The number of hydrogen-bond acceptors (Lipinski definition) is 6. The van der Waals surface area contributed by atoms with E-state index in [1.807, 2.05) is 36.4 Å². The number of benzene rings is 2. The second kappa shape index (κ2) is 7.70. The molecule has 0 atom stereocenters. The predicted octanol–water partition coefficient (Wildman–Crippen LogP) is 4.81. The van der Waals surface area contributed by atoms with Crippen molar-refractivity contribution in [2.75, 3.05) is 28.4 Å². The molecule has 0 aliphatic carbocycles. The smallest absolute Gasteiger partial charge is 0.181 e. The SMILES string of the molecule is COc1ccc(-c2noc(-c3ccc(OC)c(OC)c3)c2Br)cc1OC. The highest BCUT2D eigenvalue weighted by atomic mass is 79.9. The van der Waals surface area contributed by atoms with Gasteiger partial charge in [0.1, 0.15) is 5.69 Å². The lowest BCUT2D eigenvalue weighted by molar-refractivity contribution is 0.355. The van der Waals surface area contributed by atoms with Crippen LogP contribution in [0.3, 0.4) is 0 Å². The van der Waals surface area contributed by atoms with Crippen LogP contribution in [0.4, 0.5) is 0 Å². The molecule has 2 aromatic carbocycles. The van der Waals surface area contributed by atoms with Gasteiger partial charge in [-0.1, -0.05) is 5.16 Å². The highest BCUT2D eigenvalue weighted by Gasteiger charge is 2.19. The average Bonchev–Trinajstić information content (AvgIpc) is 3.08. The molecule has 0 saturated heterocycles. The van der Waals surface area contributed by atoms with Crippen LogP contribution in [0.2, 0.25) is 0 Å². The summed E-state index contributed by atoms with van der Waals surface area (Å²) in [6.07, 6.45) is 0. The zero-order valence-electron chi connectivity index (χ0n) is 14.8. The van der Waals surface area contributed by atoms with Gasteiger partial charge in [-0.2, -0.15) is 0 Å². The third kappa shape index (κ3) is 3.22. The number of methoxy groups -OCH3 is 4. The minimum Gasteiger partial charge on any atom is -0.493 e. The van der Waals surface area contributed by atoms with Crippen molar-refractivity contribution >= 4 is 15.9 Å². The molecule has 0 aliphatic heterocycles. The van der Waals surface area contributed by atoms with Crippen molar-refractivity contribution in [1.29, 1.82) is 0 Å². The van der Waals surface area contributed by atoms with E-state index in [-0.39, 0.29) is 0 Å². The van der Waals surface area contributed by atoms with Crippen molar-refractivity contribution in [2.24, 2.45) is 0 Å². The molecule has 0 aliphatic rings. The predicted molar refractivity (Wildman–Crippen MR) is 101 cm³/mol. The second-order valence-electron chi connectivity index (χ2n) is 5.31. The molecule has 3 rings (SSSR count). The van der Waals surface area contributed by atoms with Crippen LogP contribution in [0.1, 0.15) is 0 Å². The maximum atomic E-state index is 5.57. The highest BCUT2D eigenvalue weighted by Crippen LogP contribution is 2.41. The Kier molecular flexibility index (Phi) is 5.37. The largest absolute Gasteiger partial charge is 0.493 e. The Balaban J connectivity index is 2.03. The van der Waals surface area contributed by atoms with E-state index in [1.165, 1.54) is 0 Å². The second-order valence-corrected chi connectivity index (χ2v) is 6.11. The van der Waals surface area contributed by atoms with Gasteiger partial charge in [-0.25, -0.2) is 0 Å². The average molecular weight is 420 g/mol. The van der Waals surface area contributed by atoms with E-state index < -0.39 is 0 Å². The molecule has 6 nitrogen and oxygen atoms in total. The number of halogens is 1. The minimum absolute atomic E-state index is 0.593. The zero-order chi connectivity index (χ0) is 18.7. The standard InChI is InChI=1S/C19H18BrNO5/c1-22-13-7-5-11(9-15(13)24-3)18-17(20)19(26-21-18)12-6-8-14(23-2)16(10-12)25-4/h5-10H,1-4H3. The molecule has 3 aromatic rings. The van der Waals surface area contributed by atoms with Gasteiger partial charge >= 0.3 is 0 Å². The number of rotatable bonds is 6. The molecule has 1 aromatic heterocycles. The van der Waals surface area contributed by atoms with Crippen LogP contribution in [-0.2, 0) is 0 Å². The number of ether oxygens (including phenoxy) is 4. The van der Waals surface area contributed by atoms with Crippen molar-refractivity contribution in [3.63, 3.8) is 0 Å². The van der Waals surface area contributed by atoms with E-state index in [4.69, 9.17) is 23.5 Å². The van der Waals surface area contributed by atoms with Crippen LogP contribution in [0, 0.1) is 0 Å². The van der Waals surface area contributed by atoms with Gasteiger partial charge < -0.3 is 23.5 Å². The maximum Gasteiger partial charge on any atom is 0.181 e. The minimum atomic E-state index is 0.593. The Bertz CT molecular complexity index is 849. The molecule has 26 heavy (non-hydrogen) atoms. The van der Waals surface area contributed by atoms with Crippen LogP contribution in [-0.4, -0.2) is 33.6 Å². The first-order chi connectivity index (χ1) is 12.6. The molecule has 0 N–H and O–H groups in total. The lowest BCUT2D eigenvalue weighted by Gasteiger charge is -2.09. The summed E-state index contributed by atoms with van der Waals surface area (Å²) in [7, 11) is 6.37. The van der Waals surface area contributed by atoms with E-state index in [9.17, 15) is 0 Å². The summed E-state index contributed by atoms with van der Waals surface area (Å²) in [6.45, 7) is 0. The van der Waals surface area contributed by atoms with Crippen molar-refractivity contribution < 1.29 is 23.5 Å². The molecule has 0 saturated carbocycles. The third-order valence-corrected chi connectivity index (χ3v) is 4.67. The van der Waals surface area contributed by atoms with Crippen molar-refractivity contribution in [2.45, 2.75) is 0 Å². The van der Waals surface area contributed by atoms with Crippen LogP contribution < -0.4 is 18.9 Å². The molecule has 0 unspecified atom stereocenters. The van der Waals surface area contributed by atoms with Crippen molar-refractivity contribution in [1.82, 2.24) is 5.16 Å². The van der Waals surface area contributed by atoms with Crippen LogP contribution in [0.25, 0.3) is 22.6 Å². The molecular weight excluding hydrogens is 402 g/mol. The van der Waals surface area contributed by atoms with Crippen LogP contribution >= 0.6 is 15.9 Å². The molecule has 1 heterocycles. The topological polar surface area (TPSA) is 63.0 Å². The van der Waals surface area contributed by atoms with Crippen LogP contribution in [0.15, 0.2) is 45.4 Å². The number of hydrogen-bond donors (Lipinski definition) is 0. The molecule has 0 radical (unpaired) electrons. The van der Waals surface area contributed by atoms with Gasteiger partial charge in [-0.3, -0.25) is 0 Å². The van der Waals surface area contributed by atoms with E-state index >= 15 is 0 Å². The van der Waals surface area contributed by atoms with Crippen LogP contribution in [0.5, 0.6) is 23.0 Å². The molecule has 136 valence electrons. The molecular formula is C19H18BrNO5. The number of aromatic nitrogens is 1.